The van der Waals surface area contributed by atoms with Crippen LogP contribution in [-0.2, 0) is 6.42 Å². The van der Waals surface area contributed by atoms with Crippen LogP contribution in [0.15, 0.2) is 28.7 Å². The van der Waals surface area contributed by atoms with Gasteiger partial charge in [0.15, 0.2) is 0 Å². The fourth-order valence-corrected chi connectivity index (χ4v) is 3.05. The van der Waals surface area contributed by atoms with E-state index in [-0.39, 0.29) is 6.10 Å². The maximum absolute atomic E-state index is 10.1. The normalized spacial score (nSPS) is 19.2. The summed E-state index contributed by atoms with van der Waals surface area (Å²) < 4.78 is 1.10. The number of halogens is 1. The van der Waals surface area contributed by atoms with Crippen LogP contribution in [0.2, 0.25) is 0 Å². The van der Waals surface area contributed by atoms with Crippen molar-refractivity contribution >= 4 is 15.9 Å². The Morgan fingerprint density at radius 2 is 1.76 bits per heavy atom. The number of rotatable bonds is 4. The first-order chi connectivity index (χ1) is 8.24. The number of benzene rings is 1. The molecule has 94 valence electrons. The van der Waals surface area contributed by atoms with Crippen LogP contribution in [0.1, 0.15) is 44.1 Å². The van der Waals surface area contributed by atoms with Gasteiger partial charge in [-0.3, -0.25) is 0 Å². The van der Waals surface area contributed by atoms with Crippen molar-refractivity contribution in [1.82, 2.24) is 0 Å². The molecule has 1 nitrogen and oxygen atoms in total. The van der Waals surface area contributed by atoms with Crippen molar-refractivity contribution in [2.24, 2.45) is 5.92 Å². The summed E-state index contributed by atoms with van der Waals surface area (Å²) in [5, 5.41) is 10.1. The number of aliphatic hydroxyl groups excluding tert-OH is 1. The predicted octanol–water partition coefficient (Wildman–Crippen LogP) is 4.32. The first-order valence-electron chi connectivity index (χ1n) is 6.66. The van der Waals surface area contributed by atoms with Crippen LogP contribution in [0.25, 0.3) is 0 Å². The Bertz CT molecular complexity index is 327. The zero-order valence-electron chi connectivity index (χ0n) is 10.2. The lowest BCUT2D eigenvalue weighted by Gasteiger charge is -2.24. The van der Waals surface area contributed by atoms with Gasteiger partial charge in [-0.25, -0.2) is 0 Å². The van der Waals surface area contributed by atoms with E-state index in [1.807, 2.05) is 12.1 Å². The molecule has 0 aromatic heterocycles. The third-order valence-corrected chi connectivity index (χ3v) is 4.24. The number of aliphatic hydroxyl groups is 1. The van der Waals surface area contributed by atoms with E-state index in [2.05, 4.69) is 28.1 Å². The van der Waals surface area contributed by atoms with Gasteiger partial charge in [-0.05, 0) is 36.5 Å². The molecule has 0 aliphatic heterocycles. The maximum atomic E-state index is 10.1. The Morgan fingerprint density at radius 3 is 2.41 bits per heavy atom. The molecule has 1 atom stereocenters. The molecule has 0 spiro atoms. The molecule has 1 N–H and O–H groups in total. The van der Waals surface area contributed by atoms with E-state index in [9.17, 15) is 5.11 Å². The average molecular weight is 297 g/mol. The number of hydrogen-bond donors (Lipinski definition) is 1. The van der Waals surface area contributed by atoms with Gasteiger partial charge in [-0.15, -0.1) is 0 Å². The summed E-state index contributed by atoms with van der Waals surface area (Å²) >= 11 is 3.43. The highest BCUT2D eigenvalue weighted by molar-refractivity contribution is 9.10. The molecule has 0 heterocycles. The van der Waals surface area contributed by atoms with E-state index < -0.39 is 0 Å². The van der Waals surface area contributed by atoms with Gasteiger partial charge in [0.2, 0.25) is 0 Å². The predicted molar refractivity (Wildman–Crippen MR) is 75.0 cm³/mol. The molecule has 17 heavy (non-hydrogen) atoms. The minimum absolute atomic E-state index is 0.167. The van der Waals surface area contributed by atoms with E-state index in [0.717, 1.165) is 23.2 Å². The van der Waals surface area contributed by atoms with E-state index in [1.165, 1.54) is 37.7 Å². The van der Waals surface area contributed by atoms with Crippen molar-refractivity contribution in [2.45, 2.75) is 51.0 Å². The lowest BCUT2D eigenvalue weighted by molar-refractivity contribution is 0.130. The molecule has 2 heteroatoms. The lowest BCUT2D eigenvalue weighted by Crippen LogP contribution is -2.18. The molecular formula is C15H21BrO. The monoisotopic (exact) mass is 296 g/mol. The van der Waals surface area contributed by atoms with Crippen LogP contribution in [-0.4, -0.2) is 11.2 Å². The molecule has 1 aliphatic carbocycles. The second kappa shape index (κ2) is 6.55. The molecule has 1 aromatic carbocycles. The fraction of sp³-hybridized carbons (Fsp3) is 0.600. The fourth-order valence-electron chi connectivity index (χ4n) is 2.78. The van der Waals surface area contributed by atoms with Gasteiger partial charge in [-0.2, -0.15) is 0 Å². The SMILES string of the molecule is OC(Cc1ccc(Br)cc1)CC1CCCCC1. The largest absolute Gasteiger partial charge is 0.393 e. The maximum Gasteiger partial charge on any atom is 0.0583 e. The Labute approximate surface area is 112 Å². The van der Waals surface area contributed by atoms with Crippen LogP contribution in [0.5, 0.6) is 0 Å². The second-order valence-corrected chi connectivity index (χ2v) is 6.14. The minimum atomic E-state index is -0.167. The topological polar surface area (TPSA) is 20.2 Å². The van der Waals surface area contributed by atoms with Crippen molar-refractivity contribution in [1.29, 1.82) is 0 Å². The summed E-state index contributed by atoms with van der Waals surface area (Å²) in [4.78, 5) is 0. The van der Waals surface area contributed by atoms with Gasteiger partial charge < -0.3 is 5.11 Å². The van der Waals surface area contributed by atoms with Crippen molar-refractivity contribution in [3.05, 3.63) is 34.3 Å². The van der Waals surface area contributed by atoms with Crippen LogP contribution in [0, 0.1) is 5.92 Å². The van der Waals surface area contributed by atoms with Crippen molar-refractivity contribution < 1.29 is 5.11 Å². The van der Waals surface area contributed by atoms with Crippen molar-refractivity contribution in [3.63, 3.8) is 0 Å². The standard InChI is InChI=1S/C15H21BrO/c16-14-8-6-13(7-9-14)11-15(17)10-12-4-2-1-3-5-12/h6-9,12,15,17H,1-5,10-11H2. The van der Waals surface area contributed by atoms with Gasteiger partial charge in [0.25, 0.3) is 0 Å². The summed E-state index contributed by atoms with van der Waals surface area (Å²) in [7, 11) is 0. The molecular weight excluding hydrogens is 276 g/mol. The van der Waals surface area contributed by atoms with Crippen molar-refractivity contribution in [2.75, 3.05) is 0 Å². The molecule has 1 unspecified atom stereocenters. The Balaban J connectivity index is 1.79. The van der Waals surface area contributed by atoms with E-state index in [0.29, 0.717) is 0 Å². The molecule has 0 radical (unpaired) electrons. The van der Waals surface area contributed by atoms with Crippen molar-refractivity contribution in [3.8, 4) is 0 Å². The quantitative estimate of drug-likeness (QED) is 0.877. The molecule has 1 fully saturated rings. The first-order valence-corrected chi connectivity index (χ1v) is 7.46. The zero-order valence-corrected chi connectivity index (χ0v) is 11.8. The van der Waals surface area contributed by atoms with E-state index in [4.69, 9.17) is 0 Å². The Hall–Kier alpha value is -0.340. The lowest BCUT2D eigenvalue weighted by atomic mass is 9.84. The highest BCUT2D eigenvalue weighted by Crippen LogP contribution is 2.28. The molecule has 1 saturated carbocycles. The molecule has 2 rings (SSSR count). The summed E-state index contributed by atoms with van der Waals surface area (Å²) in [6.07, 6.45) is 8.35. The van der Waals surface area contributed by atoms with Crippen LogP contribution in [0.3, 0.4) is 0 Å². The molecule has 1 aromatic rings. The second-order valence-electron chi connectivity index (χ2n) is 5.22. The third-order valence-electron chi connectivity index (χ3n) is 3.71. The van der Waals surface area contributed by atoms with Crippen LogP contribution >= 0.6 is 15.9 Å². The summed E-state index contributed by atoms with van der Waals surface area (Å²) in [5.74, 6) is 0.759. The molecule has 1 aliphatic rings. The molecule has 0 bridgehead atoms. The summed E-state index contributed by atoms with van der Waals surface area (Å²) in [6, 6.07) is 8.27. The van der Waals surface area contributed by atoms with Gasteiger partial charge in [0.1, 0.15) is 0 Å². The zero-order chi connectivity index (χ0) is 12.1. The minimum Gasteiger partial charge on any atom is -0.393 e. The Morgan fingerprint density at radius 1 is 1.12 bits per heavy atom. The van der Waals surface area contributed by atoms with Gasteiger partial charge >= 0.3 is 0 Å². The van der Waals surface area contributed by atoms with Gasteiger partial charge in [0.05, 0.1) is 6.10 Å². The smallest absolute Gasteiger partial charge is 0.0583 e. The van der Waals surface area contributed by atoms with Crippen LogP contribution in [0.4, 0.5) is 0 Å². The number of hydrogen-bond acceptors (Lipinski definition) is 1. The highest BCUT2D eigenvalue weighted by Gasteiger charge is 2.17. The van der Waals surface area contributed by atoms with Gasteiger partial charge in [0, 0.05) is 4.47 Å². The van der Waals surface area contributed by atoms with E-state index >= 15 is 0 Å². The molecule has 0 amide bonds. The highest BCUT2D eigenvalue weighted by atomic mass is 79.9. The average Bonchev–Trinajstić information content (AvgIpc) is 2.33. The first kappa shape index (κ1) is 13.1. The third kappa shape index (κ3) is 4.44. The van der Waals surface area contributed by atoms with Crippen LogP contribution < -0.4 is 0 Å². The molecule has 0 saturated heterocycles. The summed E-state index contributed by atoms with van der Waals surface area (Å²) in [5.41, 5.74) is 1.23. The van der Waals surface area contributed by atoms with E-state index in [1.54, 1.807) is 0 Å². The summed E-state index contributed by atoms with van der Waals surface area (Å²) in [6.45, 7) is 0. The van der Waals surface area contributed by atoms with Gasteiger partial charge in [-0.1, -0.05) is 60.2 Å². The Kier molecular flexibility index (Phi) is 5.05.